The van der Waals surface area contributed by atoms with Crippen LogP contribution in [-0.4, -0.2) is 18.7 Å². The van der Waals surface area contributed by atoms with Gasteiger partial charge in [0.2, 0.25) is 0 Å². The molecular weight excluding hydrogens is 228 g/mol. The van der Waals surface area contributed by atoms with Gasteiger partial charge >= 0.3 is 5.97 Å². The maximum atomic E-state index is 11.1. The first kappa shape index (κ1) is 14.1. The molecule has 0 fully saturated rings. The van der Waals surface area contributed by atoms with E-state index in [-0.39, 0.29) is 18.5 Å². The Morgan fingerprint density at radius 3 is 2.72 bits per heavy atom. The van der Waals surface area contributed by atoms with Gasteiger partial charge in [-0.05, 0) is 32.9 Å². The third kappa shape index (κ3) is 4.92. The monoisotopic (exact) mass is 246 g/mol. The minimum atomic E-state index is -0.299. The van der Waals surface area contributed by atoms with Gasteiger partial charge in [0, 0.05) is 0 Å². The average molecular weight is 246 g/mol. The second kappa shape index (κ2) is 7.39. The molecule has 0 atom stereocenters. The molecular formula is C15H18O3. The molecule has 0 bridgehead atoms. The van der Waals surface area contributed by atoms with E-state index in [1.807, 2.05) is 38.1 Å². The molecule has 0 unspecified atom stereocenters. The van der Waals surface area contributed by atoms with Crippen LogP contribution in [0.15, 0.2) is 24.3 Å². The summed E-state index contributed by atoms with van der Waals surface area (Å²) in [5.74, 6) is 6.17. The third-order valence-corrected chi connectivity index (χ3v) is 2.01. The van der Waals surface area contributed by atoms with Gasteiger partial charge in [-0.15, -0.1) is 0 Å². The van der Waals surface area contributed by atoms with Gasteiger partial charge in [-0.3, -0.25) is 4.79 Å². The molecule has 0 aliphatic carbocycles. The fourth-order valence-electron chi connectivity index (χ4n) is 1.35. The molecule has 1 aromatic rings. The first-order chi connectivity index (χ1) is 8.63. The van der Waals surface area contributed by atoms with E-state index in [0.717, 1.165) is 11.3 Å². The number of hydrogen-bond acceptors (Lipinski definition) is 3. The standard InChI is InChI=1S/C15H18O3/c1-4-17-15(16)11-7-9-13-8-5-6-10-14(13)18-12(2)3/h5-6,8,10,12H,4,11H2,1-3H3. The predicted octanol–water partition coefficient (Wildman–Crippen LogP) is 2.78. The molecule has 0 N–H and O–H groups in total. The van der Waals surface area contributed by atoms with E-state index < -0.39 is 0 Å². The van der Waals surface area contributed by atoms with Gasteiger partial charge in [0.25, 0.3) is 0 Å². The van der Waals surface area contributed by atoms with E-state index in [0.29, 0.717) is 6.61 Å². The van der Waals surface area contributed by atoms with Crippen LogP contribution in [0.25, 0.3) is 0 Å². The second-order valence-electron chi connectivity index (χ2n) is 3.95. The lowest BCUT2D eigenvalue weighted by atomic mass is 10.2. The van der Waals surface area contributed by atoms with Crippen LogP contribution < -0.4 is 4.74 Å². The highest BCUT2D eigenvalue weighted by molar-refractivity contribution is 5.72. The number of carbonyl (C=O) groups excluding carboxylic acids is 1. The van der Waals surface area contributed by atoms with Crippen molar-refractivity contribution < 1.29 is 14.3 Å². The number of carbonyl (C=O) groups is 1. The maximum Gasteiger partial charge on any atom is 0.317 e. The van der Waals surface area contributed by atoms with Crippen LogP contribution >= 0.6 is 0 Å². The van der Waals surface area contributed by atoms with Crippen LogP contribution in [0.5, 0.6) is 5.75 Å². The zero-order chi connectivity index (χ0) is 13.4. The van der Waals surface area contributed by atoms with E-state index in [4.69, 9.17) is 9.47 Å². The molecule has 3 heteroatoms. The SMILES string of the molecule is CCOC(=O)CC#Cc1ccccc1OC(C)C. The summed E-state index contributed by atoms with van der Waals surface area (Å²) in [5.41, 5.74) is 0.787. The molecule has 0 spiro atoms. The number of rotatable bonds is 4. The van der Waals surface area contributed by atoms with Crippen LogP contribution in [-0.2, 0) is 9.53 Å². The Morgan fingerprint density at radius 2 is 2.06 bits per heavy atom. The largest absolute Gasteiger partial charge is 0.490 e. The number of esters is 1. The Balaban J connectivity index is 2.72. The molecule has 0 aliphatic rings. The summed E-state index contributed by atoms with van der Waals surface area (Å²) in [6.07, 6.45) is 0.196. The Kier molecular flexibility index (Phi) is 5.79. The van der Waals surface area contributed by atoms with Gasteiger partial charge in [-0.2, -0.15) is 0 Å². The van der Waals surface area contributed by atoms with Crippen molar-refractivity contribution in [3.63, 3.8) is 0 Å². The number of ether oxygens (including phenoxy) is 2. The highest BCUT2D eigenvalue weighted by Crippen LogP contribution is 2.18. The summed E-state index contributed by atoms with van der Waals surface area (Å²) in [6, 6.07) is 7.53. The number of hydrogen-bond donors (Lipinski definition) is 0. The van der Waals surface area contributed by atoms with E-state index in [2.05, 4.69) is 11.8 Å². The fraction of sp³-hybridized carbons (Fsp3) is 0.400. The summed E-state index contributed by atoms with van der Waals surface area (Å²) in [5, 5.41) is 0. The molecule has 0 amide bonds. The Bertz CT molecular complexity index is 452. The van der Waals surface area contributed by atoms with Crippen LogP contribution in [0.1, 0.15) is 32.8 Å². The number of benzene rings is 1. The van der Waals surface area contributed by atoms with E-state index in [9.17, 15) is 4.79 Å². The van der Waals surface area contributed by atoms with Crippen LogP contribution in [0.3, 0.4) is 0 Å². The molecule has 0 heterocycles. The lowest BCUT2D eigenvalue weighted by molar-refractivity contribution is -0.141. The molecule has 1 rings (SSSR count). The highest BCUT2D eigenvalue weighted by atomic mass is 16.5. The lowest BCUT2D eigenvalue weighted by Gasteiger charge is -2.10. The van der Waals surface area contributed by atoms with Crippen LogP contribution in [0.4, 0.5) is 0 Å². The topological polar surface area (TPSA) is 35.5 Å². The van der Waals surface area contributed by atoms with Crippen LogP contribution in [0.2, 0.25) is 0 Å². The van der Waals surface area contributed by atoms with Crippen molar-refractivity contribution in [1.82, 2.24) is 0 Å². The Morgan fingerprint density at radius 1 is 1.33 bits per heavy atom. The minimum absolute atomic E-state index is 0.0954. The molecule has 0 aliphatic heterocycles. The fourth-order valence-corrected chi connectivity index (χ4v) is 1.35. The van der Waals surface area contributed by atoms with Gasteiger partial charge in [-0.25, -0.2) is 0 Å². The van der Waals surface area contributed by atoms with Crippen molar-refractivity contribution in [2.24, 2.45) is 0 Å². The van der Waals surface area contributed by atoms with Crippen molar-refractivity contribution in [1.29, 1.82) is 0 Å². The smallest absolute Gasteiger partial charge is 0.317 e. The zero-order valence-corrected chi connectivity index (χ0v) is 11.0. The van der Waals surface area contributed by atoms with E-state index in [1.54, 1.807) is 6.92 Å². The summed E-state index contributed by atoms with van der Waals surface area (Å²) in [7, 11) is 0. The van der Waals surface area contributed by atoms with Gasteiger partial charge < -0.3 is 9.47 Å². The average Bonchev–Trinajstić information content (AvgIpc) is 2.31. The molecule has 3 nitrogen and oxygen atoms in total. The first-order valence-electron chi connectivity index (χ1n) is 6.03. The molecule has 0 saturated carbocycles. The van der Waals surface area contributed by atoms with Gasteiger partial charge in [0.15, 0.2) is 0 Å². The van der Waals surface area contributed by atoms with Crippen molar-refractivity contribution in [2.45, 2.75) is 33.3 Å². The summed E-state index contributed by atoms with van der Waals surface area (Å²) >= 11 is 0. The van der Waals surface area contributed by atoms with Crippen molar-refractivity contribution in [3.05, 3.63) is 29.8 Å². The second-order valence-corrected chi connectivity index (χ2v) is 3.95. The highest BCUT2D eigenvalue weighted by Gasteiger charge is 2.02. The zero-order valence-electron chi connectivity index (χ0n) is 11.0. The summed E-state index contributed by atoms with van der Waals surface area (Å²) in [6.45, 7) is 6.08. The first-order valence-corrected chi connectivity index (χ1v) is 6.03. The third-order valence-electron chi connectivity index (χ3n) is 2.01. The van der Waals surface area contributed by atoms with Crippen molar-refractivity contribution >= 4 is 5.97 Å². The Labute approximate surface area is 108 Å². The minimum Gasteiger partial charge on any atom is -0.490 e. The van der Waals surface area contributed by atoms with E-state index >= 15 is 0 Å². The quantitative estimate of drug-likeness (QED) is 0.605. The number of para-hydroxylation sites is 1. The summed E-state index contributed by atoms with van der Waals surface area (Å²) < 4.78 is 10.4. The van der Waals surface area contributed by atoms with Crippen LogP contribution in [0, 0.1) is 11.8 Å². The van der Waals surface area contributed by atoms with E-state index in [1.165, 1.54) is 0 Å². The Hall–Kier alpha value is -1.95. The summed E-state index contributed by atoms with van der Waals surface area (Å²) in [4.78, 5) is 11.1. The van der Waals surface area contributed by atoms with Gasteiger partial charge in [0.05, 0.1) is 18.3 Å². The van der Waals surface area contributed by atoms with Gasteiger partial charge in [0.1, 0.15) is 12.2 Å². The molecule has 18 heavy (non-hydrogen) atoms. The molecule has 96 valence electrons. The normalized spacial score (nSPS) is 9.56. The molecule has 0 saturated heterocycles. The maximum absolute atomic E-state index is 11.1. The van der Waals surface area contributed by atoms with Gasteiger partial charge in [-0.1, -0.05) is 24.0 Å². The molecule has 0 aromatic heterocycles. The van der Waals surface area contributed by atoms with Crippen molar-refractivity contribution in [3.8, 4) is 17.6 Å². The molecule has 1 aromatic carbocycles. The lowest BCUT2D eigenvalue weighted by Crippen LogP contribution is -2.06. The predicted molar refractivity (Wildman–Crippen MR) is 70.3 cm³/mol. The van der Waals surface area contributed by atoms with Crippen molar-refractivity contribution in [2.75, 3.05) is 6.61 Å². The molecule has 0 radical (unpaired) electrons.